The summed E-state index contributed by atoms with van der Waals surface area (Å²) < 4.78 is 5.35. The second-order valence-electron chi connectivity index (χ2n) is 4.00. The summed E-state index contributed by atoms with van der Waals surface area (Å²) in [6.45, 7) is 3.82. The summed E-state index contributed by atoms with van der Waals surface area (Å²) in [6, 6.07) is 9.03. The Morgan fingerprint density at radius 1 is 1.47 bits per heavy atom. The summed E-state index contributed by atoms with van der Waals surface area (Å²) in [5.41, 5.74) is 0.438. The average molecular weight is 232 g/mol. The fraction of sp³-hybridized carbons (Fsp3) is 0.385. The molecule has 17 heavy (non-hydrogen) atoms. The fourth-order valence-corrected chi connectivity index (χ4v) is 1.21. The second-order valence-corrected chi connectivity index (χ2v) is 4.00. The van der Waals surface area contributed by atoms with Crippen molar-refractivity contribution in [1.82, 2.24) is 4.90 Å². The Morgan fingerprint density at radius 2 is 2.12 bits per heavy atom. The van der Waals surface area contributed by atoms with Crippen molar-refractivity contribution in [3.8, 4) is 11.8 Å². The molecule has 90 valence electrons. The molecular formula is C13H16N2O2. The molecule has 0 saturated carbocycles. The number of nitrogens with zero attached hydrogens (tertiary/aromatic N) is 2. The molecule has 0 radical (unpaired) electrons. The van der Waals surface area contributed by atoms with Crippen LogP contribution in [0.3, 0.4) is 0 Å². The molecule has 4 heteroatoms. The summed E-state index contributed by atoms with van der Waals surface area (Å²) in [7, 11) is 1.73. The largest absolute Gasteiger partial charge is 0.482 e. The maximum atomic E-state index is 11.7. The molecule has 1 aromatic carbocycles. The standard InChI is InChI=1S/C13H16N2O2/c1-10(2)15(3)13(16)9-17-12-7-5-4-6-11(12)8-14/h4-7,10H,9H2,1-3H3. The number of nitriles is 1. The van der Waals surface area contributed by atoms with E-state index in [-0.39, 0.29) is 18.6 Å². The third-order valence-corrected chi connectivity index (χ3v) is 2.53. The van der Waals surface area contributed by atoms with Crippen LogP contribution in [-0.4, -0.2) is 30.5 Å². The van der Waals surface area contributed by atoms with E-state index in [1.807, 2.05) is 19.9 Å². The Hall–Kier alpha value is -2.02. The van der Waals surface area contributed by atoms with Gasteiger partial charge >= 0.3 is 0 Å². The van der Waals surface area contributed by atoms with E-state index in [2.05, 4.69) is 0 Å². The Morgan fingerprint density at radius 3 is 2.71 bits per heavy atom. The first-order valence-electron chi connectivity index (χ1n) is 5.44. The van der Waals surface area contributed by atoms with Crippen molar-refractivity contribution in [2.75, 3.05) is 13.7 Å². The molecule has 0 heterocycles. The molecule has 1 amide bonds. The highest BCUT2D eigenvalue weighted by atomic mass is 16.5. The van der Waals surface area contributed by atoms with Crippen LogP contribution in [0.25, 0.3) is 0 Å². The van der Waals surface area contributed by atoms with E-state index in [1.165, 1.54) is 0 Å². The quantitative estimate of drug-likeness (QED) is 0.795. The number of para-hydroxylation sites is 1. The first kappa shape index (κ1) is 13.0. The molecule has 0 aliphatic heterocycles. The summed E-state index contributed by atoms with van der Waals surface area (Å²) >= 11 is 0. The zero-order valence-electron chi connectivity index (χ0n) is 10.3. The van der Waals surface area contributed by atoms with Crippen LogP contribution in [0.2, 0.25) is 0 Å². The van der Waals surface area contributed by atoms with Crippen LogP contribution >= 0.6 is 0 Å². The SMILES string of the molecule is CC(C)N(C)C(=O)COc1ccccc1C#N. The molecule has 1 rings (SSSR count). The molecule has 0 aliphatic rings. The summed E-state index contributed by atoms with van der Waals surface area (Å²) in [5, 5.41) is 8.86. The van der Waals surface area contributed by atoms with Crippen molar-refractivity contribution >= 4 is 5.91 Å². The molecule has 0 aliphatic carbocycles. The Kier molecular flexibility index (Phi) is 4.53. The molecule has 1 aromatic rings. The van der Waals surface area contributed by atoms with Gasteiger partial charge in [0.2, 0.25) is 0 Å². The normalized spacial score (nSPS) is 9.82. The molecule has 0 bridgehead atoms. The molecule has 0 spiro atoms. The third-order valence-electron chi connectivity index (χ3n) is 2.53. The van der Waals surface area contributed by atoms with Gasteiger partial charge in [0.15, 0.2) is 6.61 Å². The van der Waals surface area contributed by atoms with E-state index in [4.69, 9.17) is 10.00 Å². The number of carbonyl (C=O) groups excluding carboxylic acids is 1. The van der Waals surface area contributed by atoms with Crippen LogP contribution in [-0.2, 0) is 4.79 Å². The zero-order valence-corrected chi connectivity index (χ0v) is 10.3. The van der Waals surface area contributed by atoms with E-state index in [9.17, 15) is 4.79 Å². The van der Waals surface area contributed by atoms with Crippen molar-refractivity contribution in [3.63, 3.8) is 0 Å². The summed E-state index contributed by atoms with van der Waals surface area (Å²) in [5.74, 6) is 0.341. The van der Waals surface area contributed by atoms with Gasteiger partial charge < -0.3 is 9.64 Å². The summed E-state index contributed by atoms with van der Waals surface area (Å²) in [4.78, 5) is 13.3. The van der Waals surface area contributed by atoms with Gasteiger partial charge in [-0.3, -0.25) is 4.79 Å². The molecule has 0 fully saturated rings. The fourth-order valence-electron chi connectivity index (χ4n) is 1.21. The molecule has 0 N–H and O–H groups in total. The molecule has 0 aromatic heterocycles. The number of hydrogen-bond donors (Lipinski definition) is 0. The van der Waals surface area contributed by atoms with Gasteiger partial charge in [0.25, 0.3) is 5.91 Å². The number of amides is 1. The van der Waals surface area contributed by atoms with Gasteiger partial charge in [-0.05, 0) is 26.0 Å². The van der Waals surface area contributed by atoms with Gasteiger partial charge in [-0.25, -0.2) is 0 Å². The predicted molar refractivity (Wildman–Crippen MR) is 64.6 cm³/mol. The van der Waals surface area contributed by atoms with Crippen molar-refractivity contribution in [3.05, 3.63) is 29.8 Å². The lowest BCUT2D eigenvalue weighted by Gasteiger charge is -2.21. The molecule has 0 saturated heterocycles. The highest BCUT2D eigenvalue weighted by Crippen LogP contribution is 2.16. The van der Waals surface area contributed by atoms with Gasteiger partial charge in [-0.15, -0.1) is 0 Å². The minimum Gasteiger partial charge on any atom is -0.482 e. The van der Waals surface area contributed by atoms with Gasteiger partial charge in [0.05, 0.1) is 5.56 Å². The van der Waals surface area contributed by atoms with E-state index in [1.54, 1.807) is 36.2 Å². The maximum Gasteiger partial charge on any atom is 0.260 e. The Balaban J connectivity index is 2.62. The van der Waals surface area contributed by atoms with Gasteiger partial charge in [-0.2, -0.15) is 5.26 Å². The lowest BCUT2D eigenvalue weighted by Crippen LogP contribution is -2.36. The van der Waals surface area contributed by atoms with Crippen LogP contribution in [0.5, 0.6) is 5.75 Å². The van der Waals surface area contributed by atoms with E-state index in [0.29, 0.717) is 11.3 Å². The van der Waals surface area contributed by atoms with Gasteiger partial charge in [0, 0.05) is 13.1 Å². The number of rotatable bonds is 4. The smallest absolute Gasteiger partial charge is 0.260 e. The lowest BCUT2D eigenvalue weighted by atomic mass is 10.2. The highest BCUT2D eigenvalue weighted by Gasteiger charge is 2.13. The number of benzene rings is 1. The Labute approximate surface area is 101 Å². The molecule has 4 nitrogen and oxygen atoms in total. The first-order chi connectivity index (χ1) is 8.06. The average Bonchev–Trinajstić information content (AvgIpc) is 2.35. The van der Waals surface area contributed by atoms with Crippen molar-refractivity contribution < 1.29 is 9.53 Å². The van der Waals surface area contributed by atoms with Crippen molar-refractivity contribution in [1.29, 1.82) is 5.26 Å². The zero-order chi connectivity index (χ0) is 12.8. The van der Waals surface area contributed by atoms with Gasteiger partial charge in [0.1, 0.15) is 11.8 Å². The lowest BCUT2D eigenvalue weighted by molar-refractivity contribution is -0.133. The second kappa shape index (κ2) is 5.90. The van der Waals surface area contributed by atoms with E-state index >= 15 is 0 Å². The number of ether oxygens (including phenoxy) is 1. The van der Waals surface area contributed by atoms with Crippen LogP contribution in [0.4, 0.5) is 0 Å². The topological polar surface area (TPSA) is 53.3 Å². The number of carbonyl (C=O) groups is 1. The summed E-state index contributed by atoms with van der Waals surface area (Å²) in [6.07, 6.45) is 0. The van der Waals surface area contributed by atoms with Crippen molar-refractivity contribution in [2.45, 2.75) is 19.9 Å². The predicted octanol–water partition coefficient (Wildman–Crippen LogP) is 1.80. The van der Waals surface area contributed by atoms with Gasteiger partial charge in [-0.1, -0.05) is 12.1 Å². The van der Waals surface area contributed by atoms with Crippen LogP contribution in [0, 0.1) is 11.3 Å². The minimum absolute atomic E-state index is 0.0482. The van der Waals surface area contributed by atoms with E-state index in [0.717, 1.165) is 0 Å². The minimum atomic E-state index is -0.104. The first-order valence-corrected chi connectivity index (χ1v) is 5.44. The maximum absolute atomic E-state index is 11.7. The third kappa shape index (κ3) is 3.49. The van der Waals surface area contributed by atoms with Crippen molar-refractivity contribution in [2.24, 2.45) is 0 Å². The highest BCUT2D eigenvalue weighted by molar-refractivity contribution is 5.77. The molecular weight excluding hydrogens is 216 g/mol. The van der Waals surface area contributed by atoms with Crippen LogP contribution in [0.15, 0.2) is 24.3 Å². The number of hydrogen-bond acceptors (Lipinski definition) is 3. The molecule has 0 atom stereocenters. The van der Waals surface area contributed by atoms with Crippen LogP contribution < -0.4 is 4.74 Å². The van der Waals surface area contributed by atoms with E-state index < -0.39 is 0 Å². The monoisotopic (exact) mass is 232 g/mol. The number of likely N-dealkylation sites (N-methyl/N-ethyl adjacent to an activating group) is 1. The molecule has 0 unspecified atom stereocenters. The van der Waals surface area contributed by atoms with Crippen LogP contribution in [0.1, 0.15) is 19.4 Å². The Bertz CT molecular complexity index is 435.